The Bertz CT molecular complexity index is 772. The molecule has 1 aromatic heterocycles. The topological polar surface area (TPSA) is 57.7 Å². The third kappa shape index (κ3) is 3.84. The first-order chi connectivity index (χ1) is 12.7. The van der Waals surface area contributed by atoms with Crippen molar-refractivity contribution in [1.82, 2.24) is 20.1 Å². The van der Waals surface area contributed by atoms with Gasteiger partial charge in [-0.25, -0.2) is 4.98 Å². The van der Waals surface area contributed by atoms with Gasteiger partial charge in [0.2, 0.25) is 5.91 Å². The number of hydrogen-bond donors (Lipinski definition) is 1. The molecule has 0 bridgehead atoms. The van der Waals surface area contributed by atoms with Gasteiger partial charge in [-0.2, -0.15) is 0 Å². The molecule has 2 aliphatic rings. The zero-order valence-electron chi connectivity index (χ0n) is 15.2. The van der Waals surface area contributed by atoms with Gasteiger partial charge in [-0.3, -0.25) is 9.69 Å². The average molecular weight is 375 g/mol. The van der Waals surface area contributed by atoms with Gasteiger partial charge < -0.3 is 15.0 Å². The number of rotatable bonds is 4. The number of piperidine rings is 1. The van der Waals surface area contributed by atoms with E-state index in [4.69, 9.17) is 9.72 Å². The number of piperazine rings is 1. The standard InChI is InChI=1S/C19H26N4O2S/c1-25-15-4-5-16-17(11-15)26-18(21-16)13-22-8-2-3-14(12-22)19(24)23-9-6-20-7-10-23/h4-5,11,14,20H,2-3,6-10,12-13H2,1H3. The van der Waals surface area contributed by atoms with Crippen LogP contribution < -0.4 is 10.1 Å². The van der Waals surface area contributed by atoms with E-state index in [0.717, 1.165) is 79.6 Å². The van der Waals surface area contributed by atoms with Crippen molar-refractivity contribution in [3.8, 4) is 5.75 Å². The van der Waals surface area contributed by atoms with Crippen molar-refractivity contribution in [1.29, 1.82) is 0 Å². The molecule has 26 heavy (non-hydrogen) atoms. The van der Waals surface area contributed by atoms with Crippen LogP contribution in [0.5, 0.6) is 5.75 Å². The van der Waals surface area contributed by atoms with Crippen molar-refractivity contribution in [2.75, 3.05) is 46.4 Å². The molecule has 4 rings (SSSR count). The number of amides is 1. The Balaban J connectivity index is 1.40. The van der Waals surface area contributed by atoms with Crippen molar-refractivity contribution >= 4 is 27.5 Å². The monoisotopic (exact) mass is 374 g/mol. The zero-order valence-corrected chi connectivity index (χ0v) is 16.1. The van der Waals surface area contributed by atoms with E-state index in [-0.39, 0.29) is 5.92 Å². The Labute approximate surface area is 158 Å². The highest BCUT2D eigenvalue weighted by Crippen LogP contribution is 2.28. The molecule has 2 saturated heterocycles. The smallest absolute Gasteiger partial charge is 0.227 e. The van der Waals surface area contributed by atoms with Gasteiger partial charge in [0.05, 0.1) is 29.8 Å². The summed E-state index contributed by atoms with van der Waals surface area (Å²) in [6.07, 6.45) is 2.09. The van der Waals surface area contributed by atoms with Crippen LogP contribution in [0, 0.1) is 5.92 Å². The molecule has 1 N–H and O–H groups in total. The van der Waals surface area contributed by atoms with E-state index in [1.54, 1.807) is 18.4 Å². The molecule has 0 spiro atoms. The normalized spacial score (nSPS) is 21.9. The van der Waals surface area contributed by atoms with E-state index >= 15 is 0 Å². The van der Waals surface area contributed by atoms with Crippen LogP contribution in [0.3, 0.4) is 0 Å². The molecule has 6 nitrogen and oxygen atoms in total. The Morgan fingerprint density at radius 3 is 3.00 bits per heavy atom. The summed E-state index contributed by atoms with van der Waals surface area (Å²) in [7, 11) is 1.69. The first-order valence-electron chi connectivity index (χ1n) is 9.38. The van der Waals surface area contributed by atoms with Crippen molar-refractivity contribution in [3.05, 3.63) is 23.2 Å². The number of nitrogens with one attached hydrogen (secondary N) is 1. The van der Waals surface area contributed by atoms with Gasteiger partial charge in [0.15, 0.2) is 0 Å². The van der Waals surface area contributed by atoms with E-state index in [0.29, 0.717) is 5.91 Å². The van der Waals surface area contributed by atoms with Gasteiger partial charge >= 0.3 is 0 Å². The quantitative estimate of drug-likeness (QED) is 0.886. The molecular weight excluding hydrogens is 348 g/mol. The van der Waals surface area contributed by atoms with Gasteiger partial charge in [-0.15, -0.1) is 11.3 Å². The molecule has 2 aliphatic heterocycles. The molecule has 140 valence electrons. The number of carbonyl (C=O) groups is 1. The minimum absolute atomic E-state index is 0.135. The molecule has 0 saturated carbocycles. The molecular formula is C19H26N4O2S. The van der Waals surface area contributed by atoms with Crippen LogP contribution in [-0.2, 0) is 11.3 Å². The number of ether oxygens (including phenoxy) is 1. The predicted octanol–water partition coefficient (Wildman–Crippen LogP) is 1.95. The van der Waals surface area contributed by atoms with Gasteiger partial charge in [0.25, 0.3) is 0 Å². The van der Waals surface area contributed by atoms with Gasteiger partial charge in [0.1, 0.15) is 10.8 Å². The fraction of sp³-hybridized carbons (Fsp3) is 0.579. The summed E-state index contributed by atoms with van der Waals surface area (Å²) in [4.78, 5) is 22.0. The number of benzene rings is 1. The fourth-order valence-electron chi connectivity index (χ4n) is 3.88. The number of thiazole rings is 1. The molecule has 7 heteroatoms. The maximum atomic E-state index is 12.8. The lowest BCUT2D eigenvalue weighted by atomic mass is 9.96. The van der Waals surface area contributed by atoms with Crippen LogP contribution >= 0.6 is 11.3 Å². The van der Waals surface area contributed by atoms with Crippen LogP contribution in [0.4, 0.5) is 0 Å². The summed E-state index contributed by atoms with van der Waals surface area (Å²) < 4.78 is 6.46. The maximum absolute atomic E-state index is 12.8. The van der Waals surface area contributed by atoms with Crippen molar-refractivity contribution in [2.45, 2.75) is 19.4 Å². The van der Waals surface area contributed by atoms with Crippen LogP contribution in [0.25, 0.3) is 10.2 Å². The lowest BCUT2D eigenvalue weighted by Gasteiger charge is -2.36. The second-order valence-electron chi connectivity index (χ2n) is 7.09. The molecule has 1 atom stereocenters. The number of aromatic nitrogens is 1. The summed E-state index contributed by atoms with van der Waals surface area (Å²) in [5.41, 5.74) is 1.02. The second kappa shape index (κ2) is 7.90. The van der Waals surface area contributed by atoms with Crippen LogP contribution in [0.2, 0.25) is 0 Å². The molecule has 0 radical (unpaired) electrons. The highest BCUT2D eigenvalue weighted by Gasteiger charge is 2.30. The number of carbonyl (C=O) groups excluding carboxylic acids is 1. The Morgan fingerprint density at radius 2 is 2.19 bits per heavy atom. The molecule has 1 aromatic carbocycles. The van der Waals surface area contributed by atoms with Crippen LogP contribution in [0.1, 0.15) is 17.8 Å². The van der Waals surface area contributed by atoms with E-state index in [1.165, 1.54) is 0 Å². The molecule has 2 aromatic rings. The van der Waals surface area contributed by atoms with Gasteiger partial charge in [0, 0.05) is 32.7 Å². The second-order valence-corrected chi connectivity index (χ2v) is 8.21. The number of nitrogens with zero attached hydrogens (tertiary/aromatic N) is 3. The molecule has 1 amide bonds. The summed E-state index contributed by atoms with van der Waals surface area (Å²) in [6, 6.07) is 6.01. The van der Waals surface area contributed by atoms with Gasteiger partial charge in [-0.1, -0.05) is 0 Å². The minimum Gasteiger partial charge on any atom is -0.497 e. The first-order valence-corrected chi connectivity index (χ1v) is 10.2. The van der Waals surface area contributed by atoms with Crippen molar-refractivity contribution < 1.29 is 9.53 Å². The van der Waals surface area contributed by atoms with E-state index in [9.17, 15) is 4.79 Å². The van der Waals surface area contributed by atoms with E-state index in [1.807, 2.05) is 23.1 Å². The van der Waals surface area contributed by atoms with E-state index in [2.05, 4.69) is 10.2 Å². The average Bonchev–Trinajstić information content (AvgIpc) is 3.09. The number of likely N-dealkylation sites (tertiary alicyclic amines) is 1. The van der Waals surface area contributed by atoms with Crippen molar-refractivity contribution in [3.63, 3.8) is 0 Å². The Morgan fingerprint density at radius 1 is 1.35 bits per heavy atom. The lowest BCUT2D eigenvalue weighted by molar-refractivity contribution is -0.138. The van der Waals surface area contributed by atoms with Crippen LogP contribution in [-0.4, -0.2) is 67.1 Å². The predicted molar refractivity (Wildman–Crippen MR) is 104 cm³/mol. The Hall–Kier alpha value is -1.70. The Kier molecular flexibility index (Phi) is 5.38. The SMILES string of the molecule is COc1ccc2nc(CN3CCCC(C(=O)N4CCNCC4)C3)sc2c1. The summed E-state index contributed by atoms with van der Waals surface area (Å²) in [5, 5.41) is 4.43. The lowest BCUT2D eigenvalue weighted by Crippen LogP contribution is -2.51. The summed E-state index contributed by atoms with van der Waals surface area (Å²) in [6.45, 7) is 6.23. The largest absolute Gasteiger partial charge is 0.497 e. The number of methoxy groups -OCH3 is 1. The molecule has 2 fully saturated rings. The van der Waals surface area contributed by atoms with E-state index < -0.39 is 0 Å². The number of fused-ring (bicyclic) bond motifs is 1. The first kappa shape index (κ1) is 17.7. The molecule has 0 aliphatic carbocycles. The summed E-state index contributed by atoms with van der Waals surface area (Å²) in [5.74, 6) is 1.34. The molecule has 1 unspecified atom stereocenters. The highest BCUT2D eigenvalue weighted by molar-refractivity contribution is 7.18. The van der Waals surface area contributed by atoms with Gasteiger partial charge in [-0.05, 0) is 37.6 Å². The molecule has 3 heterocycles. The highest BCUT2D eigenvalue weighted by atomic mass is 32.1. The third-order valence-electron chi connectivity index (χ3n) is 5.28. The van der Waals surface area contributed by atoms with Crippen molar-refractivity contribution in [2.24, 2.45) is 5.92 Å². The number of hydrogen-bond acceptors (Lipinski definition) is 6. The summed E-state index contributed by atoms with van der Waals surface area (Å²) >= 11 is 1.72. The fourth-order valence-corrected chi connectivity index (χ4v) is 4.92. The third-order valence-corrected chi connectivity index (χ3v) is 6.29. The maximum Gasteiger partial charge on any atom is 0.227 e. The minimum atomic E-state index is 0.135. The zero-order chi connectivity index (χ0) is 17.9. The van der Waals surface area contributed by atoms with Crippen LogP contribution in [0.15, 0.2) is 18.2 Å².